The number of hydrogen-bond acceptors (Lipinski definition) is 4. The molecule has 2 N–H and O–H groups in total. The van der Waals surface area contributed by atoms with Crippen molar-refractivity contribution in [3.63, 3.8) is 0 Å². The number of aromatic nitrogens is 2. The number of carboxylic acid groups (broad SMARTS) is 1. The van der Waals surface area contributed by atoms with Crippen molar-refractivity contribution >= 4 is 28.6 Å². The summed E-state index contributed by atoms with van der Waals surface area (Å²) >= 11 is 6.39. The van der Waals surface area contributed by atoms with Crippen molar-refractivity contribution < 1.29 is 19.0 Å². The minimum atomic E-state index is -1.06. The lowest BCUT2D eigenvalue weighted by Crippen LogP contribution is -2.44. The van der Waals surface area contributed by atoms with Crippen LogP contribution < -0.4 is 10.1 Å². The van der Waals surface area contributed by atoms with Crippen molar-refractivity contribution in [1.29, 1.82) is 0 Å². The first-order chi connectivity index (χ1) is 14.1. The number of halogens is 2. The molecule has 1 aromatic carbocycles. The van der Waals surface area contributed by atoms with Gasteiger partial charge in [-0.15, -0.1) is 0 Å². The van der Waals surface area contributed by atoms with E-state index in [0.717, 1.165) is 16.5 Å². The van der Waals surface area contributed by atoms with E-state index in [1.807, 2.05) is 26.8 Å². The monoisotopic (exact) mass is 431 g/mol. The smallest absolute Gasteiger partial charge is 0.405 e. The van der Waals surface area contributed by atoms with E-state index in [1.54, 1.807) is 24.5 Å². The molecule has 0 radical (unpaired) electrons. The van der Waals surface area contributed by atoms with Gasteiger partial charge in [0.2, 0.25) is 5.88 Å². The quantitative estimate of drug-likeness (QED) is 0.513. The molecule has 3 rings (SSSR count). The molecule has 0 aliphatic carbocycles. The van der Waals surface area contributed by atoms with Crippen LogP contribution in [0.5, 0.6) is 5.88 Å². The van der Waals surface area contributed by atoms with Crippen molar-refractivity contribution in [3.05, 3.63) is 53.6 Å². The number of nitrogens with zero attached hydrogens (tertiary/aromatic N) is 2. The van der Waals surface area contributed by atoms with Crippen LogP contribution in [0.2, 0.25) is 5.02 Å². The van der Waals surface area contributed by atoms with Gasteiger partial charge in [-0.1, -0.05) is 18.5 Å². The summed E-state index contributed by atoms with van der Waals surface area (Å²) in [4.78, 5) is 19.4. The Hall–Kier alpha value is -2.93. The summed E-state index contributed by atoms with van der Waals surface area (Å²) < 4.78 is 19.2. The molecule has 0 saturated carbocycles. The predicted octanol–water partition coefficient (Wildman–Crippen LogP) is 5.54. The van der Waals surface area contributed by atoms with Crippen molar-refractivity contribution in [2.45, 2.75) is 32.7 Å². The fourth-order valence-corrected chi connectivity index (χ4v) is 3.76. The number of benzene rings is 1. The van der Waals surface area contributed by atoms with Crippen molar-refractivity contribution in [3.8, 4) is 17.0 Å². The molecule has 2 aromatic heterocycles. The van der Waals surface area contributed by atoms with Gasteiger partial charge in [0.15, 0.2) is 0 Å². The Morgan fingerprint density at radius 2 is 2.07 bits per heavy atom. The number of amides is 1. The molecule has 0 aliphatic heterocycles. The van der Waals surface area contributed by atoms with Crippen molar-refractivity contribution in [1.82, 2.24) is 15.3 Å². The van der Waals surface area contributed by atoms with Crippen molar-refractivity contribution in [2.24, 2.45) is 5.92 Å². The van der Waals surface area contributed by atoms with E-state index in [0.29, 0.717) is 29.4 Å². The van der Waals surface area contributed by atoms with Crippen LogP contribution in [0.15, 0.2) is 42.7 Å². The Balaban J connectivity index is 1.73. The highest BCUT2D eigenvalue weighted by atomic mass is 35.5. The Kier molecular flexibility index (Phi) is 6.41. The van der Waals surface area contributed by atoms with Crippen LogP contribution in [0.1, 0.15) is 27.2 Å². The number of carbonyl (C=O) groups is 1. The molecule has 1 unspecified atom stereocenters. The second kappa shape index (κ2) is 8.83. The van der Waals surface area contributed by atoms with Gasteiger partial charge in [-0.05, 0) is 56.0 Å². The van der Waals surface area contributed by atoms with E-state index < -0.39 is 11.6 Å². The largest absolute Gasteiger partial charge is 0.476 e. The molecular formula is C22H23ClFN3O3. The topological polar surface area (TPSA) is 84.3 Å². The van der Waals surface area contributed by atoms with Gasteiger partial charge in [0.05, 0.1) is 12.1 Å². The maximum absolute atomic E-state index is 13.5. The number of ether oxygens (including phenoxy) is 1. The zero-order chi connectivity index (χ0) is 21.9. The molecule has 0 saturated heterocycles. The van der Waals surface area contributed by atoms with Gasteiger partial charge in [0.25, 0.3) is 0 Å². The normalized spacial score (nSPS) is 12.6. The molecule has 0 spiro atoms. The van der Waals surface area contributed by atoms with Gasteiger partial charge < -0.3 is 15.2 Å². The fourth-order valence-electron chi connectivity index (χ4n) is 3.54. The highest BCUT2D eigenvalue weighted by Gasteiger charge is 2.23. The first-order valence-electron chi connectivity index (χ1n) is 9.49. The summed E-state index contributed by atoms with van der Waals surface area (Å²) in [5.74, 6) is 0.0343. The Morgan fingerprint density at radius 1 is 1.30 bits per heavy atom. The maximum atomic E-state index is 13.5. The number of fused-ring (bicyclic) bond motifs is 1. The molecule has 0 fully saturated rings. The first-order valence-corrected chi connectivity index (χ1v) is 9.86. The highest BCUT2D eigenvalue weighted by Crippen LogP contribution is 2.32. The second-order valence-electron chi connectivity index (χ2n) is 7.97. The molecule has 6 nitrogen and oxygen atoms in total. The van der Waals surface area contributed by atoms with E-state index in [2.05, 4.69) is 15.3 Å². The molecule has 1 atom stereocenters. The summed E-state index contributed by atoms with van der Waals surface area (Å²) in [5, 5.41) is 12.6. The van der Waals surface area contributed by atoms with Gasteiger partial charge in [-0.25, -0.2) is 14.2 Å². The van der Waals surface area contributed by atoms with Crippen LogP contribution >= 0.6 is 11.6 Å². The zero-order valence-corrected chi connectivity index (χ0v) is 17.7. The highest BCUT2D eigenvalue weighted by molar-refractivity contribution is 6.32. The van der Waals surface area contributed by atoms with Gasteiger partial charge in [-0.3, -0.25) is 4.98 Å². The minimum absolute atomic E-state index is 0.0726. The molecule has 3 aromatic rings. The molecule has 1 amide bonds. The first kappa shape index (κ1) is 21.8. The molecular weight excluding hydrogens is 409 g/mol. The lowest BCUT2D eigenvalue weighted by molar-refractivity contribution is 0.168. The number of pyridine rings is 2. The summed E-state index contributed by atoms with van der Waals surface area (Å²) in [6, 6.07) is 8.03. The van der Waals surface area contributed by atoms with Gasteiger partial charge >= 0.3 is 6.09 Å². The van der Waals surface area contributed by atoms with Crippen LogP contribution in [0.25, 0.3) is 22.0 Å². The number of hydrogen-bond donors (Lipinski definition) is 2. The van der Waals surface area contributed by atoms with E-state index >= 15 is 0 Å². The van der Waals surface area contributed by atoms with Crippen LogP contribution in [0, 0.1) is 11.7 Å². The molecule has 2 heterocycles. The Labute approximate surface area is 179 Å². The summed E-state index contributed by atoms with van der Waals surface area (Å²) in [7, 11) is 0. The maximum Gasteiger partial charge on any atom is 0.405 e. The van der Waals surface area contributed by atoms with E-state index in [4.69, 9.17) is 21.4 Å². The molecule has 30 heavy (non-hydrogen) atoms. The third-order valence-corrected chi connectivity index (χ3v) is 4.90. The Bertz CT molecular complexity index is 1070. The van der Waals surface area contributed by atoms with Crippen LogP contribution in [0.4, 0.5) is 9.18 Å². The third-order valence-electron chi connectivity index (χ3n) is 4.63. The van der Waals surface area contributed by atoms with Gasteiger partial charge in [0, 0.05) is 34.9 Å². The van der Waals surface area contributed by atoms with Crippen LogP contribution in [-0.4, -0.2) is 33.3 Å². The lowest BCUT2D eigenvalue weighted by Gasteiger charge is -2.27. The lowest BCUT2D eigenvalue weighted by atomic mass is 9.92. The van der Waals surface area contributed by atoms with Crippen LogP contribution in [-0.2, 0) is 0 Å². The van der Waals surface area contributed by atoms with E-state index in [9.17, 15) is 9.18 Å². The molecule has 0 bridgehead atoms. The van der Waals surface area contributed by atoms with Gasteiger partial charge in [-0.2, -0.15) is 0 Å². The van der Waals surface area contributed by atoms with Gasteiger partial charge in [0.1, 0.15) is 10.8 Å². The molecule has 8 heteroatoms. The Morgan fingerprint density at radius 3 is 2.77 bits per heavy atom. The standard InChI is InChI=1S/C22H23ClFN3O3/c1-13(10-22(2,3)27-21(28)29)12-30-20-18(23)8-14(11-26-20)16-6-7-25-19-9-15(24)4-5-17(16)19/h4-9,11,13,27H,10,12H2,1-3H3,(H,28,29). The second-order valence-corrected chi connectivity index (χ2v) is 8.37. The fraction of sp³-hybridized carbons (Fsp3) is 0.318. The van der Waals surface area contributed by atoms with Crippen molar-refractivity contribution in [2.75, 3.05) is 6.61 Å². The zero-order valence-electron chi connectivity index (χ0n) is 16.9. The summed E-state index contributed by atoms with van der Waals surface area (Å²) in [6.45, 7) is 5.95. The van der Waals surface area contributed by atoms with E-state index in [1.165, 1.54) is 12.1 Å². The summed E-state index contributed by atoms with van der Waals surface area (Å²) in [6.07, 6.45) is 2.80. The van der Waals surface area contributed by atoms with E-state index in [-0.39, 0.29) is 11.7 Å². The number of rotatable bonds is 7. The third kappa shape index (κ3) is 5.36. The average Bonchev–Trinajstić information content (AvgIpc) is 2.64. The minimum Gasteiger partial charge on any atom is -0.476 e. The average molecular weight is 432 g/mol. The molecule has 0 aliphatic rings. The SMILES string of the molecule is CC(COc1ncc(-c2ccnc3cc(F)ccc23)cc1Cl)CC(C)(C)NC(=O)O. The number of nitrogens with one attached hydrogen (secondary N) is 1. The molecule has 158 valence electrons. The van der Waals surface area contributed by atoms with Crippen LogP contribution in [0.3, 0.4) is 0 Å². The predicted molar refractivity (Wildman–Crippen MR) is 114 cm³/mol. The summed E-state index contributed by atoms with van der Waals surface area (Å²) in [5.41, 5.74) is 1.59.